The highest BCUT2D eigenvalue weighted by Crippen LogP contribution is 2.22. The molecule has 1 amide bonds. The average Bonchev–Trinajstić information content (AvgIpc) is 2.52. The van der Waals surface area contributed by atoms with E-state index in [1.807, 2.05) is 20.8 Å². The van der Waals surface area contributed by atoms with Gasteiger partial charge < -0.3 is 9.64 Å². The summed E-state index contributed by atoms with van der Waals surface area (Å²) in [6.45, 7) is 8.37. The second-order valence-electron chi connectivity index (χ2n) is 6.22. The lowest BCUT2D eigenvalue weighted by Crippen LogP contribution is -2.43. The fourth-order valence-corrected chi connectivity index (χ4v) is 3.27. The Morgan fingerprint density at radius 1 is 1.09 bits per heavy atom. The first-order valence-corrected chi connectivity index (χ1v) is 7.94. The molecule has 3 rings (SSSR count). The van der Waals surface area contributed by atoms with E-state index in [-0.39, 0.29) is 18.0 Å². The molecule has 1 aromatic heterocycles. The van der Waals surface area contributed by atoms with Gasteiger partial charge in [0.1, 0.15) is 6.54 Å². The first kappa shape index (κ1) is 15.7. The van der Waals surface area contributed by atoms with Crippen molar-refractivity contribution < 1.29 is 9.53 Å². The lowest BCUT2D eigenvalue weighted by Gasteiger charge is -2.27. The molecule has 122 valence electrons. The van der Waals surface area contributed by atoms with Gasteiger partial charge in [0.15, 0.2) is 0 Å². The van der Waals surface area contributed by atoms with Gasteiger partial charge in [0.25, 0.3) is 5.56 Å². The van der Waals surface area contributed by atoms with Crippen LogP contribution in [0.4, 0.5) is 0 Å². The van der Waals surface area contributed by atoms with Crippen LogP contribution in [0.3, 0.4) is 0 Å². The van der Waals surface area contributed by atoms with Crippen LogP contribution in [0.5, 0.6) is 0 Å². The van der Waals surface area contributed by atoms with Crippen molar-refractivity contribution in [2.75, 3.05) is 26.3 Å². The number of carbonyl (C=O) groups excluding carboxylic acids is 1. The molecule has 1 aliphatic rings. The number of hydrogen-bond donors (Lipinski definition) is 0. The monoisotopic (exact) mass is 314 g/mol. The Morgan fingerprint density at radius 3 is 2.48 bits per heavy atom. The predicted molar refractivity (Wildman–Crippen MR) is 89.8 cm³/mol. The first-order chi connectivity index (χ1) is 11.0. The second kappa shape index (κ2) is 6.16. The number of carbonyl (C=O) groups is 1. The van der Waals surface area contributed by atoms with Crippen molar-refractivity contribution in [3.63, 3.8) is 0 Å². The quantitative estimate of drug-likeness (QED) is 0.849. The van der Waals surface area contributed by atoms with Gasteiger partial charge in [-0.2, -0.15) is 0 Å². The summed E-state index contributed by atoms with van der Waals surface area (Å²) in [6, 6.07) is 5.75. The summed E-state index contributed by atoms with van der Waals surface area (Å²) < 4.78 is 6.89. The lowest BCUT2D eigenvalue weighted by atomic mass is 10.0. The van der Waals surface area contributed by atoms with Crippen LogP contribution in [0.2, 0.25) is 0 Å². The number of pyridine rings is 1. The topological polar surface area (TPSA) is 51.5 Å². The van der Waals surface area contributed by atoms with Crippen LogP contribution in [0.25, 0.3) is 10.9 Å². The zero-order valence-electron chi connectivity index (χ0n) is 13.9. The molecule has 1 saturated heterocycles. The molecule has 2 heterocycles. The number of benzene rings is 1. The molecule has 0 spiro atoms. The molecule has 0 saturated carbocycles. The molecule has 0 unspecified atom stereocenters. The normalized spacial score (nSPS) is 15.2. The maximum Gasteiger partial charge on any atom is 0.251 e. The van der Waals surface area contributed by atoms with Crippen molar-refractivity contribution in [1.29, 1.82) is 0 Å². The number of nitrogens with zero attached hydrogens (tertiary/aromatic N) is 2. The van der Waals surface area contributed by atoms with Crippen molar-refractivity contribution in [1.82, 2.24) is 9.47 Å². The number of hydrogen-bond acceptors (Lipinski definition) is 3. The summed E-state index contributed by atoms with van der Waals surface area (Å²) in [5.74, 6) is -0.0273. The van der Waals surface area contributed by atoms with Gasteiger partial charge in [0.05, 0.1) is 18.7 Å². The number of aromatic nitrogens is 1. The van der Waals surface area contributed by atoms with Crippen LogP contribution >= 0.6 is 0 Å². The molecule has 1 aromatic carbocycles. The Balaban J connectivity index is 2.06. The summed E-state index contributed by atoms with van der Waals surface area (Å²) in [6.07, 6.45) is 0. The first-order valence-electron chi connectivity index (χ1n) is 7.94. The Kier molecular flexibility index (Phi) is 4.22. The van der Waals surface area contributed by atoms with Crippen molar-refractivity contribution in [3.8, 4) is 0 Å². The summed E-state index contributed by atoms with van der Waals surface area (Å²) in [5, 5.41) is 1.04. The zero-order chi connectivity index (χ0) is 16.6. The van der Waals surface area contributed by atoms with E-state index in [4.69, 9.17) is 4.74 Å². The van der Waals surface area contributed by atoms with E-state index in [1.165, 1.54) is 0 Å². The molecule has 0 atom stereocenters. The van der Waals surface area contributed by atoms with Crippen LogP contribution in [-0.2, 0) is 16.1 Å². The van der Waals surface area contributed by atoms with Crippen molar-refractivity contribution in [2.24, 2.45) is 0 Å². The number of ether oxygens (including phenoxy) is 1. The van der Waals surface area contributed by atoms with Crippen LogP contribution in [0.15, 0.2) is 23.0 Å². The van der Waals surface area contributed by atoms with Gasteiger partial charge in [-0.3, -0.25) is 14.2 Å². The molecule has 5 nitrogen and oxygen atoms in total. The van der Waals surface area contributed by atoms with Gasteiger partial charge in [0, 0.05) is 24.5 Å². The van der Waals surface area contributed by atoms with Gasteiger partial charge in [-0.05, 0) is 38.0 Å². The summed E-state index contributed by atoms with van der Waals surface area (Å²) >= 11 is 0. The molecule has 2 aromatic rings. The van der Waals surface area contributed by atoms with Gasteiger partial charge >= 0.3 is 0 Å². The molecule has 23 heavy (non-hydrogen) atoms. The largest absolute Gasteiger partial charge is 0.378 e. The third kappa shape index (κ3) is 3.01. The lowest BCUT2D eigenvalue weighted by molar-refractivity contribution is -0.135. The third-order valence-corrected chi connectivity index (χ3v) is 4.40. The number of aryl methyl sites for hydroxylation is 3. The number of morpholine rings is 1. The molecule has 0 radical (unpaired) electrons. The molecule has 1 fully saturated rings. The van der Waals surface area contributed by atoms with Crippen molar-refractivity contribution in [3.05, 3.63) is 45.2 Å². The SMILES string of the molecule is Cc1cc(C)c2c(c1)c(C)cc(=O)n2CC(=O)N1CCOCC1. The predicted octanol–water partition coefficient (Wildman–Crippen LogP) is 1.79. The fraction of sp³-hybridized carbons (Fsp3) is 0.444. The van der Waals surface area contributed by atoms with Gasteiger partial charge in [-0.1, -0.05) is 11.6 Å². The highest BCUT2D eigenvalue weighted by Gasteiger charge is 2.19. The Bertz CT molecular complexity index is 817. The van der Waals surface area contributed by atoms with Crippen LogP contribution in [0, 0.1) is 20.8 Å². The van der Waals surface area contributed by atoms with Gasteiger partial charge in [-0.15, -0.1) is 0 Å². The Labute approximate surface area is 135 Å². The smallest absolute Gasteiger partial charge is 0.251 e. The van der Waals surface area contributed by atoms with E-state index in [9.17, 15) is 9.59 Å². The maximum absolute atomic E-state index is 12.5. The van der Waals surface area contributed by atoms with Crippen LogP contribution < -0.4 is 5.56 Å². The van der Waals surface area contributed by atoms with E-state index in [1.54, 1.807) is 15.5 Å². The molecule has 0 bridgehead atoms. The second-order valence-corrected chi connectivity index (χ2v) is 6.22. The van der Waals surface area contributed by atoms with E-state index in [0.29, 0.717) is 26.3 Å². The molecule has 0 N–H and O–H groups in total. The number of rotatable bonds is 2. The number of fused-ring (bicyclic) bond motifs is 1. The van der Waals surface area contributed by atoms with E-state index < -0.39 is 0 Å². The van der Waals surface area contributed by atoms with Crippen LogP contribution in [0.1, 0.15) is 16.7 Å². The van der Waals surface area contributed by atoms with E-state index >= 15 is 0 Å². The number of amides is 1. The molecule has 5 heteroatoms. The maximum atomic E-state index is 12.5. The minimum atomic E-state index is -0.122. The van der Waals surface area contributed by atoms with Gasteiger partial charge in [0.2, 0.25) is 5.91 Å². The van der Waals surface area contributed by atoms with Crippen molar-refractivity contribution in [2.45, 2.75) is 27.3 Å². The third-order valence-electron chi connectivity index (χ3n) is 4.40. The molecule has 0 aliphatic carbocycles. The minimum Gasteiger partial charge on any atom is -0.378 e. The molecular weight excluding hydrogens is 292 g/mol. The summed E-state index contributed by atoms with van der Waals surface area (Å²) in [7, 11) is 0. The zero-order valence-corrected chi connectivity index (χ0v) is 13.9. The molecule has 1 aliphatic heterocycles. The summed E-state index contributed by atoms with van der Waals surface area (Å²) in [4.78, 5) is 26.8. The summed E-state index contributed by atoms with van der Waals surface area (Å²) in [5.41, 5.74) is 3.87. The standard InChI is InChI=1S/C18H22N2O3/c1-12-8-14(3)18-15(9-12)13(2)10-16(21)20(18)11-17(22)19-4-6-23-7-5-19/h8-10H,4-7,11H2,1-3H3. The highest BCUT2D eigenvalue weighted by atomic mass is 16.5. The van der Waals surface area contributed by atoms with E-state index in [0.717, 1.165) is 27.6 Å². The average molecular weight is 314 g/mol. The van der Waals surface area contributed by atoms with Gasteiger partial charge in [-0.25, -0.2) is 0 Å². The minimum absolute atomic E-state index is 0.0273. The van der Waals surface area contributed by atoms with Crippen LogP contribution in [-0.4, -0.2) is 41.7 Å². The van der Waals surface area contributed by atoms with E-state index in [2.05, 4.69) is 12.1 Å². The Morgan fingerprint density at radius 2 is 1.78 bits per heavy atom. The van der Waals surface area contributed by atoms with Crippen molar-refractivity contribution >= 4 is 16.8 Å². The fourth-order valence-electron chi connectivity index (χ4n) is 3.27. The molecular formula is C18H22N2O3. The highest BCUT2D eigenvalue weighted by molar-refractivity contribution is 5.87. The Hall–Kier alpha value is -2.14.